The van der Waals surface area contributed by atoms with E-state index in [1.54, 1.807) is 49.4 Å². The van der Waals surface area contributed by atoms with Crippen LogP contribution in [-0.2, 0) is 18.1 Å². The maximum absolute atomic E-state index is 11.0. The number of ether oxygens (including phenoxy) is 1. The molecule has 1 saturated carbocycles. The van der Waals surface area contributed by atoms with Crippen molar-refractivity contribution in [2.24, 2.45) is 5.16 Å². The topological polar surface area (TPSA) is 94.2 Å². The van der Waals surface area contributed by atoms with E-state index >= 15 is 0 Å². The first-order valence-corrected chi connectivity index (χ1v) is 13.3. The van der Waals surface area contributed by atoms with Crippen molar-refractivity contribution in [3.63, 3.8) is 0 Å². The highest BCUT2D eigenvalue weighted by atomic mass is 35.5. The zero-order valence-corrected chi connectivity index (χ0v) is 23.1. The number of halogens is 3. The van der Waals surface area contributed by atoms with E-state index in [0.29, 0.717) is 49.3 Å². The summed E-state index contributed by atoms with van der Waals surface area (Å²) in [5, 5.41) is 18.9. The van der Waals surface area contributed by atoms with Gasteiger partial charge in [-0.05, 0) is 67.8 Å². The van der Waals surface area contributed by atoms with Gasteiger partial charge >= 0.3 is 5.97 Å². The molecule has 0 radical (unpaired) electrons. The van der Waals surface area contributed by atoms with E-state index in [9.17, 15) is 4.79 Å². The van der Waals surface area contributed by atoms with Crippen molar-refractivity contribution in [2.45, 2.75) is 38.9 Å². The van der Waals surface area contributed by atoms with Crippen molar-refractivity contribution in [3.8, 4) is 17.0 Å². The molecule has 1 fully saturated rings. The van der Waals surface area contributed by atoms with Gasteiger partial charge in [0.15, 0.2) is 0 Å². The Hall–Kier alpha value is -3.52. The Morgan fingerprint density at radius 3 is 2.38 bits per heavy atom. The zero-order valence-electron chi connectivity index (χ0n) is 20.8. The number of oxime groups is 1. The lowest BCUT2D eigenvalue weighted by atomic mass is 10.0. The predicted octanol–water partition coefficient (Wildman–Crippen LogP) is 8.40. The van der Waals surface area contributed by atoms with E-state index in [4.69, 9.17) is 54.0 Å². The third-order valence-electron chi connectivity index (χ3n) is 6.31. The van der Waals surface area contributed by atoms with Gasteiger partial charge < -0.3 is 19.2 Å². The van der Waals surface area contributed by atoms with Crippen molar-refractivity contribution < 1.29 is 24.0 Å². The van der Waals surface area contributed by atoms with Gasteiger partial charge in [0.25, 0.3) is 0 Å². The van der Waals surface area contributed by atoms with E-state index in [2.05, 4.69) is 10.3 Å². The molecule has 0 saturated heterocycles. The summed E-state index contributed by atoms with van der Waals surface area (Å²) in [5.41, 5.74) is 4.29. The predicted molar refractivity (Wildman–Crippen MR) is 150 cm³/mol. The van der Waals surface area contributed by atoms with Crippen LogP contribution in [0, 0.1) is 0 Å². The largest absolute Gasteiger partial charge is 0.489 e. The van der Waals surface area contributed by atoms with Crippen LogP contribution < -0.4 is 4.74 Å². The van der Waals surface area contributed by atoms with E-state index in [0.717, 1.165) is 29.7 Å². The number of aromatic nitrogens is 1. The molecule has 1 aliphatic carbocycles. The number of nitrogens with zero attached hydrogens (tertiary/aromatic N) is 2. The van der Waals surface area contributed by atoms with Crippen molar-refractivity contribution >= 4 is 46.5 Å². The normalized spacial score (nSPS) is 13.4. The van der Waals surface area contributed by atoms with Gasteiger partial charge in [0.05, 0.1) is 31.9 Å². The molecule has 200 valence electrons. The van der Waals surface area contributed by atoms with Crippen LogP contribution in [0.2, 0.25) is 15.1 Å². The number of rotatable bonds is 10. The molecule has 10 heteroatoms. The minimum absolute atomic E-state index is 0.190. The lowest BCUT2D eigenvalue weighted by molar-refractivity contribution is 0.0696. The van der Waals surface area contributed by atoms with Gasteiger partial charge in [0.1, 0.15) is 30.4 Å². The molecule has 0 atom stereocenters. The third kappa shape index (κ3) is 6.22. The summed E-state index contributed by atoms with van der Waals surface area (Å²) in [6, 6.07) is 17.0. The Balaban J connectivity index is 1.27. The SMILES string of the molecule is C/C(=N\OCc1ccc(C(=O)O)cc1)c1ccc(OCc2c(-c3c(Cl)cccc3Cl)noc2C2CC2)cc1Cl. The molecule has 0 spiro atoms. The van der Waals surface area contributed by atoms with Crippen LogP contribution in [0.1, 0.15) is 58.5 Å². The second-order valence-electron chi connectivity index (χ2n) is 9.13. The highest BCUT2D eigenvalue weighted by Gasteiger charge is 2.33. The molecule has 39 heavy (non-hydrogen) atoms. The van der Waals surface area contributed by atoms with E-state index in [-0.39, 0.29) is 18.8 Å². The van der Waals surface area contributed by atoms with Gasteiger partial charge in [-0.1, -0.05) is 63.3 Å². The molecule has 1 aliphatic rings. The summed E-state index contributed by atoms with van der Waals surface area (Å²) >= 11 is 19.4. The number of carboxylic acid groups (broad SMARTS) is 1. The van der Waals surface area contributed by atoms with Crippen LogP contribution in [0.4, 0.5) is 0 Å². The molecule has 1 heterocycles. The van der Waals surface area contributed by atoms with Crippen LogP contribution in [-0.4, -0.2) is 21.9 Å². The first kappa shape index (κ1) is 27.1. The van der Waals surface area contributed by atoms with Crippen LogP contribution in [0.5, 0.6) is 5.75 Å². The molecule has 0 aliphatic heterocycles. The molecule has 0 bridgehead atoms. The van der Waals surface area contributed by atoms with E-state index in [1.807, 2.05) is 6.07 Å². The second kappa shape index (κ2) is 11.7. The van der Waals surface area contributed by atoms with E-state index in [1.165, 1.54) is 12.1 Å². The van der Waals surface area contributed by atoms with Crippen molar-refractivity contribution in [2.75, 3.05) is 0 Å². The average Bonchev–Trinajstić information content (AvgIpc) is 3.67. The first-order valence-electron chi connectivity index (χ1n) is 12.2. The molecule has 4 aromatic rings. The molecule has 1 aromatic heterocycles. The van der Waals surface area contributed by atoms with Crippen molar-refractivity contribution in [1.29, 1.82) is 0 Å². The summed E-state index contributed by atoms with van der Waals surface area (Å²) in [4.78, 5) is 16.4. The van der Waals surface area contributed by atoms with Gasteiger partial charge in [-0.25, -0.2) is 4.79 Å². The van der Waals surface area contributed by atoms with Gasteiger partial charge in [-0.15, -0.1) is 0 Å². The maximum atomic E-state index is 11.0. The number of benzene rings is 3. The molecule has 5 rings (SSSR count). The Bertz CT molecular complexity index is 1530. The van der Waals surface area contributed by atoms with Crippen molar-refractivity contribution in [3.05, 3.63) is 104 Å². The second-order valence-corrected chi connectivity index (χ2v) is 10.3. The molecule has 0 unspecified atom stereocenters. The van der Waals surface area contributed by atoms with Gasteiger partial charge in [-0.2, -0.15) is 0 Å². The third-order valence-corrected chi connectivity index (χ3v) is 7.26. The van der Waals surface area contributed by atoms with E-state index < -0.39 is 5.97 Å². The summed E-state index contributed by atoms with van der Waals surface area (Å²) < 4.78 is 11.8. The Labute approximate surface area is 239 Å². The van der Waals surface area contributed by atoms with Crippen LogP contribution in [0.25, 0.3) is 11.3 Å². The number of hydrogen-bond donors (Lipinski definition) is 1. The molecule has 0 amide bonds. The maximum Gasteiger partial charge on any atom is 0.335 e. The lowest BCUT2D eigenvalue weighted by Crippen LogP contribution is -2.02. The summed E-state index contributed by atoms with van der Waals surface area (Å²) in [6.45, 7) is 2.18. The Morgan fingerprint density at radius 1 is 1.03 bits per heavy atom. The quantitative estimate of drug-likeness (QED) is 0.148. The molecule has 3 aromatic carbocycles. The molecular weight excluding hydrogens is 563 g/mol. The molecule has 1 N–H and O–H groups in total. The smallest absolute Gasteiger partial charge is 0.335 e. The summed E-state index contributed by atoms with van der Waals surface area (Å²) in [6.07, 6.45) is 2.07. The lowest BCUT2D eigenvalue weighted by Gasteiger charge is -2.11. The minimum Gasteiger partial charge on any atom is -0.489 e. The molecular formula is C29H23Cl3N2O5. The summed E-state index contributed by atoms with van der Waals surface area (Å²) in [7, 11) is 0. The van der Waals surface area contributed by atoms with Crippen molar-refractivity contribution in [1.82, 2.24) is 5.16 Å². The Kier molecular flexibility index (Phi) is 8.12. The number of carbonyl (C=O) groups is 1. The molecule has 7 nitrogen and oxygen atoms in total. The van der Waals surface area contributed by atoms with Gasteiger partial charge in [0, 0.05) is 17.0 Å². The fourth-order valence-corrected chi connectivity index (χ4v) is 4.96. The van der Waals surface area contributed by atoms with Crippen LogP contribution in [0.3, 0.4) is 0 Å². The number of hydrogen-bond acceptors (Lipinski definition) is 6. The van der Waals surface area contributed by atoms with Gasteiger partial charge in [0.2, 0.25) is 0 Å². The Morgan fingerprint density at radius 2 is 1.74 bits per heavy atom. The summed E-state index contributed by atoms with van der Waals surface area (Å²) in [5.74, 6) is 0.691. The highest BCUT2D eigenvalue weighted by Crippen LogP contribution is 2.46. The fraction of sp³-hybridized carbons (Fsp3) is 0.207. The monoisotopic (exact) mass is 584 g/mol. The highest BCUT2D eigenvalue weighted by molar-refractivity contribution is 6.39. The van der Waals surface area contributed by atoms with Crippen LogP contribution in [0.15, 0.2) is 70.3 Å². The zero-order chi connectivity index (χ0) is 27.5. The fourth-order valence-electron chi connectivity index (χ4n) is 4.08. The minimum atomic E-state index is -0.978. The standard InChI is InChI=1S/C29H23Cl3N2O5/c1-16(33-38-14-17-5-7-19(8-6-17)29(35)36)21-12-11-20(13-25(21)32)37-15-22-27(34-39-28(22)18-9-10-18)26-23(30)3-2-4-24(26)31/h2-8,11-13,18H,9-10,14-15H2,1H3,(H,35,36)/b33-16+. The van der Waals surface area contributed by atoms with Gasteiger partial charge in [-0.3, -0.25) is 0 Å². The number of carboxylic acids is 1. The average molecular weight is 586 g/mol. The van der Waals surface area contributed by atoms with Crippen LogP contribution >= 0.6 is 34.8 Å². The number of aromatic carboxylic acids is 1. The first-order chi connectivity index (χ1) is 18.8.